The standard InChI is InChI=1S/C16H13IN4OS/c1-21-14(22)7-12(20-16(21)19)13-6-11(15(17)23-13)10-4-2-3-9(5-10)8-18/h2-6,12H,7H2,1H3,(H2,19,20)/t12-/m0/s1. The van der Waals surface area contributed by atoms with Gasteiger partial charge in [-0.15, -0.1) is 11.3 Å². The summed E-state index contributed by atoms with van der Waals surface area (Å²) in [5, 5.41) is 9.05. The van der Waals surface area contributed by atoms with Crippen LogP contribution in [0.15, 0.2) is 35.3 Å². The average molecular weight is 436 g/mol. The maximum absolute atomic E-state index is 12.0. The summed E-state index contributed by atoms with van der Waals surface area (Å²) in [5.74, 6) is 0.224. The Bertz CT molecular complexity index is 852. The molecule has 2 N–H and O–H groups in total. The number of guanidine groups is 1. The van der Waals surface area contributed by atoms with Gasteiger partial charge in [-0.25, -0.2) is 4.99 Å². The molecule has 0 radical (unpaired) electrons. The topological polar surface area (TPSA) is 82.5 Å². The minimum Gasteiger partial charge on any atom is -0.369 e. The van der Waals surface area contributed by atoms with Gasteiger partial charge >= 0.3 is 0 Å². The van der Waals surface area contributed by atoms with Crippen LogP contribution in [0.5, 0.6) is 0 Å². The van der Waals surface area contributed by atoms with E-state index in [1.807, 2.05) is 24.3 Å². The molecular weight excluding hydrogens is 423 g/mol. The lowest BCUT2D eigenvalue weighted by molar-refractivity contribution is -0.127. The fraction of sp³-hybridized carbons (Fsp3) is 0.188. The molecule has 0 spiro atoms. The zero-order valence-corrected chi connectivity index (χ0v) is 15.3. The van der Waals surface area contributed by atoms with Crippen molar-refractivity contribution in [1.29, 1.82) is 5.26 Å². The fourth-order valence-corrected chi connectivity index (χ4v) is 4.56. The molecule has 116 valence electrons. The minimum atomic E-state index is -0.231. The number of halogens is 1. The Morgan fingerprint density at radius 2 is 2.26 bits per heavy atom. The summed E-state index contributed by atoms with van der Waals surface area (Å²) >= 11 is 3.88. The molecule has 1 aliphatic heterocycles. The van der Waals surface area contributed by atoms with Crippen LogP contribution >= 0.6 is 33.9 Å². The molecule has 3 rings (SSSR count). The zero-order valence-electron chi connectivity index (χ0n) is 12.3. The van der Waals surface area contributed by atoms with Gasteiger partial charge < -0.3 is 5.73 Å². The van der Waals surface area contributed by atoms with Gasteiger partial charge in [0.25, 0.3) is 0 Å². The van der Waals surface area contributed by atoms with Crippen LogP contribution in [0.2, 0.25) is 0 Å². The molecule has 0 aliphatic carbocycles. The molecule has 7 heteroatoms. The van der Waals surface area contributed by atoms with E-state index in [1.54, 1.807) is 24.5 Å². The lowest BCUT2D eigenvalue weighted by Crippen LogP contribution is -2.42. The van der Waals surface area contributed by atoms with E-state index in [1.165, 1.54) is 4.90 Å². The van der Waals surface area contributed by atoms with Crippen molar-refractivity contribution < 1.29 is 4.79 Å². The van der Waals surface area contributed by atoms with E-state index in [0.717, 1.165) is 18.9 Å². The van der Waals surface area contributed by atoms with Crippen molar-refractivity contribution in [2.45, 2.75) is 12.5 Å². The van der Waals surface area contributed by atoms with Gasteiger partial charge in [-0.3, -0.25) is 9.69 Å². The van der Waals surface area contributed by atoms with Crippen molar-refractivity contribution in [2.24, 2.45) is 10.7 Å². The quantitative estimate of drug-likeness (QED) is 0.735. The van der Waals surface area contributed by atoms with E-state index in [4.69, 9.17) is 11.0 Å². The Morgan fingerprint density at radius 1 is 1.48 bits per heavy atom. The third-order valence-corrected chi connectivity index (χ3v) is 5.98. The average Bonchev–Trinajstić information content (AvgIpc) is 2.94. The van der Waals surface area contributed by atoms with Gasteiger partial charge in [0.2, 0.25) is 5.91 Å². The van der Waals surface area contributed by atoms with Gasteiger partial charge in [0, 0.05) is 17.5 Å². The van der Waals surface area contributed by atoms with Crippen LogP contribution in [-0.4, -0.2) is 23.8 Å². The summed E-state index contributed by atoms with van der Waals surface area (Å²) in [6.45, 7) is 0. The van der Waals surface area contributed by atoms with Gasteiger partial charge in [0.15, 0.2) is 5.96 Å². The molecule has 0 fully saturated rings. The van der Waals surface area contributed by atoms with Crippen LogP contribution < -0.4 is 5.73 Å². The Kier molecular flexibility index (Phi) is 4.37. The lowest BCUT2D eigenvalue weighted by Gasteiger charge is -2.24. The summed E-state index contributed by atoms with van der Waals surface area (Å²) < 4.78 is 1.10. The van der Waals surface area contributed by atoms with Crippen LogP contribution in [0, 0.1) is 14.2 Å². The van der Waals surface area contributed by atoms with Crippen LogP contribution in [0.3, 0.4) is 0 Å². The summed E-state index contributed by atoms with van der Waals surface area (Å²) in [6.07, 6.45) is 0.325. The van der Waals surface area contributed by atoms with Crippen LogP contribution in [0.4, 0.5) is 0 Å². The van der Waals surface area contributed by atoms with Crippen molar-refractivity contribution in [3.63, 3.8) is 0 Å². The third kappa shape index (κ3) is 3.09. The van der Waals surface area contributed by atoms with Crippen LogP contribution in [0.25, 0.3) is 11.1 Å². The summed E-state index contributed by atoms with van der Waals surface area (Å²) in [7, 11) is 1.63. The van der Waals surface area contributed by atoms with Crippen molar-refractivity contribution in [1.82, 2.24) is 4.90 Å². The summed E-state index contributed by atoms with van der Waals surface area (Å²) in [6, 6.07) is 11.5. The number of rotatable bonds is 2. The zero-order chi connectivity index (χ0) is 16.6. The van der Waals surface area contributed by atoms with Crippen molar-refractivity contribution >= 4 is 45.8 Å². The van der Waals surface area contributed by atoms with Crippen molar-refractivity contribution in [3.8, 4) is 17.2 Å². The second-order valence-electron chi connectivity index (χ2n) is 5.19. The largest absolute Gasteiger partial charge is 0.369 e. The molecule has 0 unspecified atom stereocenters. The highest BCUT2D eigenvalue weighted by atomic mass is 127. The first kappa shape index (κ1) is 16.0. The smallest absolute Gasteiger partial charge is 0.231 e. The second-order valence-corrected chi connectivity index (χ2v) is 8.08. The van der Waals surface area contributed by atoms with Crippen molar-refractivity contribution in [2.75, 3.05) is 7.05 Å². The van der Waals surface area contributed by atoms with E-state index < -0.39 is 0 Å². The van der Waals surface area contributed by atoms with Crippen LogP contribution in [-0.2, 0) is 4.79 Å². The molecule has 23 heavy (non-hydrogen) atoms. The van der Waals surface area contributed by atoms with E-state index in [2.05, 4.69) is 33.7 Å². The maximum Gasteiger partial charge on any atom is 0.231 e. The Hall–Kier alpha value is -1.92. The predicted molar refractivity (Wildman–Crippen MR) is 98.9 cm³/mol. The Balaban J connectivity index is 1.99. The molecule has 1 atom stereocenters. The summed E-state index contributed by atoms with van der Waals surface area (Å²) in [5.41, 5.74) is 8.49. The number of nitrogens with zero attached hydrogens (tertiary/aromatic N) is 3. The molecular formula is C16H13IN4OS. The van der Waals surface area contributed by atoms with E-state index in [9.17, 15) is 4.79 Å². The first-order chi connectivity index (χ1) is 11.0. The van der Waals surface area contributed by atoms with Gasteiger partial charge in [-0.05, 0) is 46.4 Å². The molecule has 1 aromatic carbocycles. The number of nitriles is 1. The molecule has 2 aromatic rings. The number of benzene rings is 1. The SMILES string of the molecule is CN1C(=O)C[C@@H](c2cc(-c3cccc(C#N)c3)c(I)s2)N=C1N. The predicted octanol–water partition coefficient (Wildman–Crippen LogP) is 3.11. The molecule has 1 aromatic heterocycles. The maximum atomic E-state index is 12.0. The number of aliphatic imine (C=N–C) groups is 1. The number of hydrogen-bond donors (Lipinski definition) is 1. The van der Waals surface area contributed by atoms with Gasteiger partial charge in [-0.2, -0.15) is 5.26 Å². The Morgan fingerprint density at radius 3 is 2.96 bits per heavy atom. The first-order valence-corrected chi connectivity index (χ1v) is 8.78. The number of thiophene rings is 1. The van der Waals surface area contributed by atoms with Gasteiger partial charge in [0.1, 0.15) is 0 Å². The number of hydrogen-bond acceptors (Lipinski definition) is 5. The van der Waals surface area contributed by atoms with Gasteiger partial charge in [-0.1, -0.05) is 12.1 Å². The Labute approximate surface area is 151 Å². The second kappa shape index (κ2) is 6.29. The summed E-state index contributed by atoms with van der Waals surface area (Å²) in [4.78, 5) is 18.8. The first-order valence-electron chi connectivity index (χ1n) is 6.89. The minimum absolute atomic E-state index is 0.0288. The molecule has 0 saturated heterocycles. The number of nitrogens with two attached hydrogens (primary N) is 1. The molecule has 2 heterocycles. The monoisotopic (exact) mass is 436 g/mol. The fourth-order valence-electron chi connectivity index (χ4n) is 2.39. The normalized spacial score (nSPS) is 17.8. The molecule has 0 bridgehead atoms. The highest BCUT2D eigenvalue weighted by molar-refractivity contribution is 14.1. The number of carbonyl (C=O) groups excluding carboxylic acids is 1. The number of amides is 1. The van der Waals surface area contributed by atoms with Crippen molar-refractivity contribution in [3.05, 3.63) is 43.7 Å². The molecule has 1 aliphatic rings. The third-order valence-electron chi connectivity index (χ3n) is 3.71. The highest BCUT2D eigenvalue weighted by Crippen LogP contribution is 2.38. The molecule has 5 nitrogen and oxygen atoms in total. The van der Waals surface area contributed by atoms with E-state index in [-0.39, 0.29) is 17.9 Å². The van der Waals surface area contributed by atoms with Crippen LogP contribution in [0.1, 0.15) is 22.9 Å². The molecule has 0 saturated carbocycles. The molecule has 1 amide bonds. The highest BCUT2D eigenvalue weighted by Gasteiger charge is 2.27. The van der Waals surface area contributed by atoms with E-state index >= 15 is 0 Å². The number of carbonyl (C=O) groups is 1. The van der Waals surface area contributed by atoms with E-state index in [0.29, 0.717) is 12.0 Å². The van der Waals surface area contributed by atoms with Gasteiger partial charge in [0.05, 0.1) is 27.0 Å². The lowest BCUT2D eigenvalue weighted by atomic mass is 10.0.